The van der Waals surface area contributed by atoms with Crippen molar-refractivity contribution in [3.05, 3.63) is 34.6 Å². The summed E-state index contributed by atoms with van der Waals surface area (Å²) in [6.45, 7) is 2.28. The van der Waals surface area contributed by atoms with E-state index in [-0.39, 0.29) is 11.4 Å². The Balaban J connectivity index is 1.38. The summed E-state index contributed by atoms with van der Waals surface area (Å²) in [4.78, 5) is 14.4. The molecule has 2 aliphatic carbocycles. The van der Waals surface area contributed by atoms with Crippen molar-refractivity contribution >= 4 is 5.91 Å². The largest absolute Gasteiger partial charge is 0.381 e. The number of nitrogens with one attached hydrogen (secondary N) is 1. The first-order chi connectivity index (χ1) is 14.1. The second kappa shape index (κ2) is 7.64. The predicted molar refractivity (Wildman–Crippen MR) is 106 cm³/mol. The number of benzene rings is 1. The molecule has 2 N–H and O–H groups in total. The lowest BCUT2D eigenvalue weighted by Crippen LogP contribution is -2.57. The number of nitrogens with zero attached hydrogens (tertiary/aromatic N) is 1. The summed E-state index contributed by atoms with van der Waals surface area (Å²) in [6.07, 6.45) is 11.2. The molecule has 1 amide bonds. The van der Waals surface area contributed by atoms with E-state index in [2.05, 4.69) is 4.90 Å². The number of carbonyl (C=O) groups excluding carboxylic acids is 1. The topological polar surface area (TPSA) is 61.8 Å². The number of fused-ring (bicyclic) bond motifs is 1. The van der Waals surface area contributed by atoms with Gasteiger partial charge in [0.2, 0.25) is 0 Å². The number of hydroxylamine groups is 1. The predicted octanol–water partition coefficient (Wildman–Crippen LogP) is 3.82. The molecular weight excluding hydrogens is 371 g/mol. The lowest BCUT2D eigenvalue weighted by atomic mass is 9.57. The van der Waals surface area contributed by atoms with Crippen molar-refractivity contribution in [2.45, 2.75) is 76.4 Å². The van der Waals surface area contributed by atoms with Crippen molar-refractivity contribution in [2.75, 3.05) is 13.2 Å². The molecular formula is C23H31FN2O3. The van der Waals surface area contributed by atoms with Crippen molar-refractivity contribution in [3.8, 4) is 0 Å². The maximum atomic E-state index is 14.9. The Morgan fingerprint density at radius 2 is 2.00 bits per heavy atom. The number of halogens is 1. The van der Waals surface area contributed by atoms with Crippen LogP contribution in [0, 0.1) is 17.2 Å². The zero-order valence-corrected chi connectivity index (χ0v) is 17.0. The third-order valence-corrected chi connectivity index (χ3v) is 7.95. The average Bonchev–Trinajstić information content (AvgIpc) is 2.68. The van der Waals surface area contributed by atoms with Gasteiger partial charge in [0.05, 0.1) is 13.2 Å². The number of hydrogen-bond donors (Lipinski definition) is 2. The van der Waals surface area contributed by atoms with E-state index in [9.17, 15) is 9.18 Å². The Morgan fingerprint density at radius 1 is 1.24 bits per heavy atom. The molecule has 158 valence electrons. The van der Waals surface area contributed by atoms with Crippen molar-refractivity contribution in [2.24, 2.45) is 11.3 Å². The summed E-state index contributed by atoms with van der Waals surface area (Å²) in [5.74, 6) is -0.402. The Morgan fingerprint density at radius 3 is 2.66 bits per heavy atom. The molecule has 4 aliphatic rings. The molecule has 1 spiro atoms. The molecule has 29 heavy (non-hydrogen) atoms. The number of carbonyl (C=O) groups is 1. The summed E-state index contributed by atoms with van der Waals surface area (Å²) >= 11 is 0. The van der Waals surface area contributed by atoms with Crippen LogP contribution in [0.15, 0.2) is 12.1 Å². The first-order valence-corrected chi connectivity index (χ1v) is 11.2. The van der Waals surface area contributed by atoms with Crippen LogP contribution in [0.2, 0.25) is 0 Å². The summed E-state index contributed by atoms with van der Waals surface area (Å²) in [5.41, 5.74) is 4.00. The molecule has 6 heteroatoms. The molecule has 1 atom stereocenters. The lowest BCUT2D eigenvalue weighted by Gasteiger charge is -2.57. The minimum absolute atomic E-state index is 0.188. The van der Waals surface area contributed by atoms with E-state index in [1.165, 1.54) is 51.0 Å². The molecule has 0 radical (unpaired) electrons. The van der Waals surface area contributed by atoms with E-state index in [1.807, 2.05) is 0 Å². The zero-order chi connectivity index (χ0) is 20.0. The molecule has 0 aromatic heterocycles. The van der Waals surface area contributed by atoms with Gasteiger partial charge < -0.3 is 4.74 Å². The minimum Gasteiger partial charge on any atom is -0.381 e. The van der Waals surface area contributed by atoms with Crippen molar-refractivity contribution in [1.29, 1.82) is 0 Å². The number of rotatable bonds is 4. The molecule has 0 bridgehead atoms. The maximum Gasteiger partial charge on any atom is 0.274 e. The molecule has 2 heterocycles. The van der Waals surface area contributed by atoms with Crippen molar-refractivity contribution < 1.29 is 19.1 Å². The van der Waals surface area contributed by atoms with E-state index in [0.717, 1.165) is 37.2 Å². The highest BCUT2D eigenvalue weighted by Gasteiger charge is 2.49. The van der Waals surface area contributed by atoms with Crippen LogP contribution in [0.25, 0.3) is 0 Å². The summed E-state index contributed by atoms with van der Waals surface area (Å²) < 4.78 is 20.3. The van der Waals surface area contributed by atoms with E-state index in [4.69, 9.17) is 9.94 Å². The quantitative estimate of drug-likeness (QED) is 0.594. The van der Waals surface area contributed by atoms with Gasteiger partial charge in [-0.15, -0.1) is 0 Å². The summed E-state index contributed by atoms with van der Waals surface area (Å²) in [6, 6.07) is 3.93. The highest BCUT2D eigenvalue weighted by atomic mass is 19.1. The zero-order valence-electron chi connectivity index (χ0n) is 17.0. The molecule has 0 unspecified atom stereocenters. The van der Waals surface area contributed by atoms with Crippen LogP contribution in [0.5, 0.6) is 0 Å². The highest BCUT2D eigenvalue weighted by molar-refractivity contribution is 5.93. The van der Waals surface area contributed by atoms with Gasteiger partial charge in [-0.05, 0) is 61.6 Å². The van der Waals surface area contributed by atoms with Crippen LogP contribution in [0.4, 0.5) is 4.39 Å². The van der Waals surface area contributed by atoms with Crippen LogP contribution >= 0.6 is 0 Å². The van der Waals surface area contributed by atoms with E-state index in [1.54, 1.807) is 11.5 Å². The van der Waals surface area contributed by atoms with Gasteiger partial charge in [0.15, 0.2) is 0 Å². The van der Waals surface area contributed by atoms with Crippen LogP contribution in [-0.2, 0) is 17.7 Å². The number of ether oxygens (including phenoxy) is 1. The number of hydrogen-bond acceptors (Lipinski definition) is 4. The van der Waals surface area contributed by atoms with Gasteiger partial charge in [0.1, 0.15) is 5.82 Å². The Kier molecular flexibility index (Phi) is 5.13. The molecule has 2 aliphatic heterocycles. The first-order valence-electron chi connectivity index (χ1n) is 11.2. The molecule has 1 saturated heterocycles. The van der Waals surface area contributed by atoms with Crippen molar-refractivity contribution in [3.63, 3.8) is 0 Å². The minimum atomic E-state index is -0.656. The summed E-state index contributed by atoms with van der Waals surface area (Å²) in [7, 11) is 0. The highest BCUT2D eigenvalue weighted by Crippen LogP contribution is 2.54. The van der Waals surface area contributed by atoms with Gasteiger partial charge in [-0.3, -0.25) is 14.9 Å². The fourth-order valence-corrected chi connectivity index (χ4v) is 6.27. The molecule has 1 aromatic rings. The van der Waals surface area contributed by atoms with Gasteiger partial charge in [0.25, 0.3) is 5.91 Å². The van der Waals surface area contributed by atoms with Gasteiger partial charge in [0, 0.05) is 35.7 Å². The van der Waals surface area contributed by atoms with Gasteiger partial charge in [-0.1, -0.05) is 19.3 Å². The Labute approximate surface area is 171 Å². The monoisotopic (exact) mass is 402 g/mol. The fourth-order valence-electron chi connectivity index (χ4n) is 6.27. The van der Waals surface area contributed by atoms with Crippen LogP contribution in [-0.4, -0.2) is 41.3 Å². The van der Waals surface area contributed by atoms with E-state index in [0.29, 0.717) is 30.0 Å². The smallest absolute Gasteiger partial charge is 0.274 e. The molecule has 5 rings (SSSR count). The summed E-state index contributed by atoms with van der Waals surface area (Å²) in [5, 5.41) is 8.92. The Bertz CT molecular complexity index is 781. The van der Waals surface area contributed by atoms with Gasteiger partial charge in [-0.2, -0.15) is 0 Å². The van der Waals surface area contributed by atoms with E-state index < -0.39 is 5.91 Å². The average molecular weight is 403 g/mol. The van der Waals surface area contributed by atoms with Gasteiger partial charge >= 0.3 is 0 Å². The third-order valence-electron chi connectivity index (χ3n) is 7.95. The second-order valence-electron chi connectivity index (χ2n) is 9.83. The normalized spacial score (nSPS) is 27.2. The van der Waals surface area contributed by atoms with E-state index >= 15 is 0 Å². The second-order valence-corrected chi connectivity index (χ2v) is 9.83. The molecule has 2 saturated carbocycles. The molecule has 1 aromatic carbocycles. The molecule has 5 nitrogen and oxygen atoms in total. The molecule has 3 fully saturated rings. The van der Waals surface area contributed by atoms with Crippen LogP contribution in [0.3, 0.4) is 0 Å². The van der Waals surface area contributed by atoms with Gasteiger partial charge in [-0.25, -0.2) is 9.87 Å². The first kappa shape index (κ1) is 19.5. The SMILES string of the molecule is O=C(NO)c1cc(F)c2c(c1)C[C@@H](CC1COC1)N(C1CC3(CCCCC3)C1)C2. The van der Waals surface area contributed by atoms with Crippen LogP contribution in [0.1, 0.15) is 72.9 Å². The fraction of sp³-hybridized carbons (Fsp3) is 0.696. The van der Waals surface area contributed by atoms with Crippen molar-refractivity contribution in [1.82, 2.24) is 10.4 Å². The standard InChI is InChI=1S/C23H31FN2O3/c24-21-9-17(22(27)25-28)7-16-8-18(6-15-13-29-14-15)26(12-20(16)21)19-10-23(11-19)4-2-1-3-5-23/h7,9,15,18-19,28H,1-6,8,10-14H2,(H,25,27)/t18-/m1/s1. The Hall–Kier alpha value is -1.50. The number of amides is 1. The van der Waals surface area contributed by atoms with Crippen LogP contribution < -0.4 is 5.48 Å². The third kappa shape index (κ3) is 3.60. The lowest BCUT2D eigenvalue weighted by molar-refractivity contribution is -0.0795. The maximum absolute atomic E-state index is 14.9.